The molecule has 1 saturated carbocycles. The molecule has 0 spiro atoms. The highest BCUT2D eigenvalue weighted by Crippen LogP contribution is 2.33. The van der Waals surface area contributed by atoms with Crippen LogP contribution in [0.5, 0.6) is 5.75 Å². The van der Waals surface area contributed by atoms with Crippen LogP contribution in [0.1, 0.15) is 68.3 Å². The zero-order chi connectivity index (χ0) is 27.8. The van der Waals surface area contributed by atoms with E-state index < -0.39 is 29.3 Å². The first-order valence-electron chi connectivity index (χ1n) is 12.1. The highest BCUT2D eigenvalue weighted by atomic mass is 32.1. The molecular formula is C25H34F3N3O5S. The molecule has 0 radical (unpaired) electrons. The van der Waals surface area contributed by atoms with Gasteiger partial charge in [-0.3, -0.25) is 9.36 Å². The maximum atomic E-state index is 13.0. The van der Waals surface area contributed by atoms with Gasteiger partial charge in [-0.25, -0.2) is 4.98 Å². The molecule has 1 amide bonds. The van der Waals surface area contributed by atoms with E-state index in [2.05, 4.69) is 17.2 Å². The Labute approximate surface area is 218 Å². The largest absolute Gasteiger partial charge is 0.495 e. The Morgan fingerprint density at radius 3 is 2.49 bits per heavy atom. The first-order chi connectivity index (χ1) is 17.4. The quantitative estimate of drug-likeness (QED) is 0.515. The second-order valence-electron chi connectivity index (χ2n) is 9.58. The molecule has 1 aliphatic carbocycles. The monoisotopic (exact) mass is 545 g/mol. The van der Waals surface area contributed by atoms with Gasteiger partial charge < -0.3 is 15.2 Å². The Balaban J connectivity index is 0.00000153. The predicted molar refractivity (Wildman–Crippen MR) is 132 cm³/mol. The van der Waals surface area contributed by atoms with Gasteiger partial charge in [-0.2, -0.15) is 21.6 Å². The van der Waals surface area contributed by atoms with Crippen LogP contribution in [-0.2, 0) is 24.4 Å². The summed E-state index contributed by atoms with van der Waals surface area (Å²) in [6.45, 7) is 5.39. The van der Waals surface area contributed by atoms with Crippen molar-refractivity contribution in [2.75, 3.05) is 13.7 Å². The molecule has 1 atom stereocenters. The van der Waals surface area contributed by atoms with Crippen LogP contribution in [0.15, 0.2) is 24.4 Å². The van der Waals surface area contributed by atoms with Gasteiger partial charge >= 0.3 is 17.7 Å². The molecule has 1 aromatic heterocycles. The maximum Gasteiger partial charge on any atom is 0.391 e. The summed E-state index contributed by atoms with van der Waals surface area (Å²) in [6, 6.07) is 4.92. The summed E-state index contributed by atoms with van der Waals surface area (Å²) in [5.41, 5.74) is 0.414. The van der Waals surface area contributed by atoms with Crippen LogP contribution in [0.2, 0.25) is 0 Å². The molecule has 0 aliphatic heterocycles. The van der Waals surface area contributed by atoms with E-state index >= 15 is 0 Å². The van der Waals surface area contributed by atoms with Gasteiger partial charge in [0.05, 0.1) is 24.3 Å². The molecule has 1 heterocycles. The summed E-state index contributed by atoms with van der Waals surface area (Å²) in [7, 11) is 1.46. The van der Waals surface area contributed by atoms with Crippen LogP contribution in [0.4, 0.5) is 13.2 Å². The van der Waals surface area contributed by atoms with Crippen molar-refractivity contribution in [2.24, 2.45) is 11.8 Å². The van der Waals surface area contributed by atoms with E-state index in [0.29, 0.717) is 48.0 Å². The van der Waals surface area contributed by atoms with Crippen LogP contribution in [0.25, 0.3) is 5.69 Å². The normalized spacial score (nSPS) is 20.4. The molecule has 1 aliphatic rings. The number of rotatable bonds is 8. The predicted octanol–water partition coefficient (Wildman–Crippen LogP) is 4.19. The minimum Gasteiger partial charge on any atom is -0.495 e. The third kappa shape index (κ3) is 8.39. The van der Waals surface area contributed by atoms with Crippen LogP contribution >= 0.6 is 0 Å². The van der Waals surface area contributed by atoms with Gasteiger partial charge in [-0.15, -0.1) is 0 Å². The number of nitrogens with one attached hydrogen (secondary N) is 1. The van der Waals surface area contributed by atoms with E-state index in [1.807, 2.05) is 6.92 Å². The lowest BCUT2D eigenvalue weighted by Gasteiger charge is -2.34. The zero-order valence-corrected chi connectivity index (χ0v) is 22.2. The lowest BCUT2D eigenvalue weighted by Crippen LogP contribution is -2.45. The van der Waals surface area contributed by atoms with E-state index in [9.17, 15) is 23.1 Å². The molecule has 0 bridgehead atoms. The minimum atomic E-state index is -4.27. The van der Waals surface area contributed by atoms with Crippen molar-refractivity contribution in [1.82, 2.24) is 14.9 Å². The molecule has 1 fully saturated rings. The molecule has 37 heavy (non-hydrogen) atoms. The number of imidazole rings is 1. The number of halogens is 3. The molecule has 3 rings (SSSR count). The van der Waals surface area contributed by atoms with Crippen molar-refractivity contribution in [3.63, 3.8) is 0 Å². The number of hydrogen-bond acceptors (Lipinski definition) is 6. The van der Waals surface area contributed by atoms with Gasteiger partial charge in [0.25, 0.3) is 5.91 Å². The summed E-state index contributed by atoms with van der Waals surface area (Å²) in [6.07, 6.45) is 0.870. The van der Waals surface area contributed by atoms with Gasteiger partial charge in [0.15, 0.2) is 0 Å². The Morgan fingerprint density at radius 1 is 1.32 bits per heavy atom. The molecule has 2 N–H and O–H groups in total. The highest BCUT2D eigenvalue weighted by molar-refractivity contribution is 7.51. The van der Waals surface area contributed by atoms with Crippen molar-refractivity contribution in [3.05, 3.63) is 41.5 Å². The number of methoxy groups -OCH3 is 1. The number of alkyl halides is 3. The first-order valence-corrected chi connectivity index (χ1v) is 12.8. The number of ether oxygens (including phenoxy) is 1. The van der Waals surface area contributed by atoms with Gasteiger partial charge in [0.2, 0.25) is 0 Å². The SMILES string of the molecule is CCc1nc(C(=O)NCC2(O)CCC(C)CC2)cn1-c1ccc(C[C@H](C)C(F)(F)F)cc1OC.O=S=O. The van der Waals surface area contributed by atoms with Gasteiger partial charge in [-0.05, 0) is 55.7 Å². The minimum absolute atomic E-state index is 0.153. The molecule has 1 aromatic carbocycles. The standard InChI is InChI=1S/C25H34F3N3O3.O2S/c1-5-22-30-19(23(32)29-15-24(33)10-8-16(2)9-11-24)14-31(22)20-7-6-18(13-21(20)34-4)12-17(3)25(26,27)28;1-3-2/h6-7,13-14,16-17,33H,5,8-12,15H2,1-4H3,(H,29,32);/t16?,17-,24?;/m0./s1. The first kappa shape index (κ1) is 30.5. The maximum absolute atomic E-state index is 13.0. The number of carbonyl (C=O) groups is 1. The number of hydrogen-bond donors (Lipinski definition) is 2. The fraction of sp³-hybridized carbons (Fsp3) is 0.600. The molecule has 0 saturated heterocycles. The third-order valence-corrected chi connectivity index (χ3v) is 6.72. The number of benzene rings is 1. The number of aryl methyl sites for hydroxylation is 1. The van der Waals surface area contributed by atoms with Crippen molar-refractivity contribution in [1.29, 1.82) is 0 Å². The molecule has 2 aromatic rings. The van der Waals surface area contributed by atoms with Crippen molar-refractivity contribution in [2.45, 2.75) is 71.1 Å². The zero-order valence-electron chi connectivity index (χ0n) is 21.4. The van der Waals surface area contributed by atoms with E-state index in [0.717, 1.165) is 19.8 Å². The number of aliphatic hydroxyl groups is 1. The van der Waals surface area contributed by atoms with Gasteiger partial charge in [0, 0.05) is 19.2 Å². The van der Waals surface area contributed by atoms with Crippen LogP contribution in [-0.4, -0.2) is 54.4 Å². The van der Waals surface area contributed by atoms with Gasteiger partial charge in [-0.1, -0.05) is 26.8 Å². The van der Waals surface area contributed by atoms with Crippen molar-refractivity contribution in [3.8, 4) is 11.4 Å². The smallest absolute Gasteiger partial charge is 0.391 e. The van der Waals surface area contributed by atoms with E-state index in [1.165, 1.54) is 7.11 Å². The van der Waals surface area contributed by atoms with Crippen molar-refractivity contribution >= 4 is 17.5 Å². The fourth-order valence-electron chi connectivity index (χ4n) is 4.31. The topological polar surface area (TPSA) is 111 Å². The second-order valence-corrected chi connectivity index (χ2v) is 9.71. The Hall–Kier alpha value is -2.73. The lowest BCUT2D eigenvalue weighted by molar-refractivity contribution is -0.169. The third-order valence-electron chi connectivity index (χ3n) is 6.72. The molecule has 0 unspecified atom stereocenters. The number of amides is 1. The van der Waals surface area contributed by atoms with Gasteiger partial charge in [0.1, 0.15) is 17.3 Å². The summed E-state index contributed by atoms with van der Waals surface area (Å²) in [4.78, 5) is 17.2. The summed E-state index contributed by atoms with van der Waals surface area (Å²) >= 11 is -0.750. The summed E-state index contributed by atoms with van der Waals surface area (Å²) in [5.74, 6) is -0.256. The average molecular weight is 546 g/mol. The van der Waals surface area contributed by atoms with Crippen LogP contribution in [0.3, 0.4) is 0 Å². The summed E-state index contributed by atoms with van der Waals surface area (Å²) in [5, 5.41) is 13.6. The van der Waals surface area contributed by atoms with E-state index in [-0.39, 0.29) is 24.6 Å². The Bertz CT molecular complexity index is 1090. The lowest BCUT2D eigenvalue weighted by atomic mass is 9.79. The Kier molecular flexibility index (Phi) is 10.9. The molecule has 206 valence electrons. The Morgan fingerprint density at radius 2 is 1.95 bits per heavy atom. The highest BCUT2D eigenvalue weighted by Gasteiger charge is 2.36. The number of carbonyl (C=O) groups excluding carboxylic acids is 1. The van der Waals surface area contributed by atoms with E-state index in [4.69, 9.17) is 13.2 Å². The van der Waals surface area contributed by atoms with Crippen LogP contribution < -0.4 is 10.1 Å². The summed E-state index contributed by atoms with van der Waals surface area (Å²) < 4.78 is 62.7. The van der Waals surface area contributed by atoms with E-state index in [1.54, 1.807) is 29.0 Å². The molecule has 8 nitrogen and oxygen atoms in total. The number of nitrogens with zero attached hydrogens (tertiary/aromatic N) is 2. The fourth-order valence-corrected chi connectivity index (χ4v) is 4.31. The molecular weight excluding hydrogens is 511 g/mol. The second kappa shape index (κ2) is 13.2. The van der Waals surface area contributed by atoms with Crippen molar-refractivity contribution < 1.29 is 36.2 Å². The average Bonchev–Trinajstić information content (AvgIpc) is 3.29. The van der Waals surface area contributed by atoms with Crippen LogP contribution in [0, 0.1) is 11.8 Å². The number of aromatic nitrogens is 2. The molecule has 12 heteroatoms.